The number of cyclic esters (lactones) is 1. The van der Waals surface area contributed by atoms with E-state index in [0.29, 0.717) is 6.61 Å². The third kappa shape index (κ3) is 2.84. The maximum atomic E-state index is 11.2. The van der Waals surface area contributed by atoms with E-state index in [1.807, 2.05) is 30.3 Å². The highest BCUT2D eigenvalue weighted by molar-refractivity contribution is 5.75. The molecule has 0 aromatic heterocycles. The van der Waals surface area contributed by atoms with Crippen LogP contribution in [0.2, 0.25) is 0 Å². The Morgan fingerprint density at radius 1 is 1.35 bits per heavy atom. The van der Waals surface area contributed by atoms with E-state index in [-0.39, 0.29) is 12.6 Å². The van der Waals surface area contributed by atoms with Crippen LogP contribution in [-0.2, 0) is 20.9 Å². The van der Waals surface area contributed by atoms with E-state index < -0.39 is 18.1 Å². The van der Waals surface area contributed by atoms with Gasteiger partial charge in [0.2, 0.25) is 0 Å². The van der Waals surface area contributed by atoms with Gasteiger partial charge in [-0.3, -0.25) is 4.79 Å². The molecule has 1 fully saturated rings. The Bertz CT molecular complexity index is 376. The van der Waals surface area contributed by atoms with Gasteiger partial charge < -0.3 is 14.6 Å². The van der Waals surface area contributed by atoms with Crippen LogP contribution in [0, 0.1) is 5.92 Å². The minimum Gasteiger partial charge on any atom is -0.457 e. The highest BCUT2D eigenvalue weighted by Crippen LogP contribution is 2.21. The molecule has 92 valence electrons. The molecule has 0 bridgehead atoms. The average Bonchev–Trinajstić information content (AvgIpc) is 2.59. The molecule has 4 heteroatoms. The van der Waals surface area contributed by atoms with Crippen LogP contribution in [0.5, 0.6) is 0 Å². The first-order valence-electron chi connectivity index (χ1n) is 5.68. The Balaban J connectivity index is 1.78. The first-order chi connectivity index (χ1) is 8.18. The molecule has 1 saturated heterocycles. The fourth-order valence-corrected chi connectivity index (χ4v) is 1.79. The van der Waals surface area contributed by atoms with E-state index in [1.165, 1.54) is 0 Å². The molecular weight excluding hydrogens is 220 g/mol. The number of carbonyl (C=O) groups excluding carboxylic acids is 1. The number of rotatable bonds is 4. The molecule has 0 aliphatic carbocycles. The number of ether oxygens (including phenoxy) is 2. The minimum atomic E-state index is -0.765. The van der Waals surface area contributed by atoms with Crippen LogP contribution >= 0.6 is 0 Å². The van der Waals surface area contributed by atoms with Crippen LogP contribution < -0.4 is 0 Å². The van der Waals surface area contributed by atoms with Gasteiger partial charge in [0.1, 0.15) is 6.10 Å². The summed E-state index contributed by atoms with van der Waals surface area (Å²) in [6, 6.07) is 9.73. The molecule has 3 atom stereocenters. The normalized spacial score (nSPS) is 28.1. The molecule has 0 spiro atoms. The Labute approximate surface area is 100 Å². The largest absolute Gasteiger partial charge is 0.457 e. The van der Waals surface area contributed by atoms with E-state index >= 15 is 0 Å². The maximum Gasteiger partial charge on any atom is 0.311 e. The van der Waals surface area contributed by atoms with Gasteiger partial charge in [0.25, 0.3) is 0 Å². The quantitative estimate of drug-likeness (QED) is 0.796. The fraction of sp³-hybridized carbons (Fsp3) is 0.462. The van der Waals surface area contributed by atoms with Crippen molar-refractivity contribution in [3.63, 3.8) is 0 Å². The molecule has 1 N–H and O–H groups in total. The van der Waals surface area contributed by atoms with Gasteiger partial charge in [-0.05, 0) is 12.5 Å². The topological polar surface area (TPSA) is 55.8 Å². The summed E-state index contributed by atoms with van der Waals surface area (Å²) in [5, 5.41) is 9.70. The SMILES string of the molecule is C[C@H]1C(=O)O[C@H](COCc2ccccc2)[C@H]1O. The molecule has 0 amide bonds. The lowest BCUT2D eigenvalue weighted by molar-refractivity contribution is -0.146. The Kier molecular flexibility index (Phi) is 3.76. The van der Waals surface area contributed by atoms with E-state index in [0.717, 1.165) is 5.56 Å². The van der Waals surface area contributed by atoms with Crippen molar-refractivity contribution < 1.29 is 19.4 Å². The van der Waals surface area contributed by atoms with Crippen molar-refractivity contribution in [2.24, 2.45) is 5.92 Å². The highest BCUT2D eigenvalue weighted by atomic mass is 16.6. The highest BCUT2D eigenvalue weighted by Gasteiger charge is 2.40. The van der Waals surface area contributed by atoms with Crippen LogP contribution in [0.1, 0.15) is 12.5 Å². The summed E-state index contributed by atoms with van der Waals surface area (Å²) in [5.41, 5.74) is 1.05. The summed E-state index contributed by atoms with van der Waals surface area (Å²) >= 11 is 0. The van der Waals surface area contributed by atoms with Crippen molar-refractivity contribution in [2.45, 2.75) is 25.7 Å². The molecule has 0 saturated carbocycles. The number of hydrogen-bond acceptors (Lipinski definition) is 4. The van der Waals surface area contributed by atoms with Gasteiger partial charge in [-0.25, -0.2) is 0 Å². The van der Waals surface area contributed by atoms with E-state index in [4.69, 9.17) is 9.47 Å². The lowest BCUT2D eigenvalue weighted by Gasteiger charge is -2.14. The summed E-state index contributed by atoms with van der Waals surface area (Å²) in [4.78, 5) is 11.2. The molecule has 0 radical (unpaired) electrons. The Morgan fingerprint density at radius 3 is 2.65 bits per heavy atom. The predicted octanol–water partition coefficient (Wildman–Crippen LogP) is 1.13. The maximum absolute atomic E-state index is 11.2. The van der Waals surface area contributed by atoms with Gasteiger partial charge in [0, 0.05) is 0 Å². The third-order valence-electron chi connectivity index (χ3n) is 2.93. The number of aliphatic hydroxyl groups excluding tert-OH is 1. The number of carbonyl (C=O) groups is 1. The van der Waals surface area contributed by atoms with Crippen molar-refractivity contribution in [2.75, 3.05) is 6.61 Å². The summed E-state index contributed by atoms with van der Waals surface area (Å²) in [7, 11) is 0. The van der Waals surface area contributed by atoms with Gasteiger partial charge >= 0.3 is 5.97 Å². The first kappa shape index (κ1) is 12.1. The predicted molar refractivity (Wildman–Crippen MR) is 61.1 cm³/mol. The van der Waals surface area contributed by atoms with Gasteiger partial charge in [-0.15, -0.1) is 0 Å². The molecule has 0 unspecified atom stereocenters. The van der Waals surface area contributed by atoms with E-state index in [9.17, 15) is 9.90 Å². The second-order valence-electron chi connectivity index (χ2n) is 4.26. The zero-order valence-electron chi connectivity index (χ0n) is 9.70. The van der Waals surface area contributed by atoms with Crippen molar-refractivity contribution in [3.05, 3.63) is 35.9 Å². The Morgan fingerprint density at radius 2 is 2.06 bits per heavy atom. The number of esters is 1. The van der Waals surface area contributed by atoms with Gasteiger partial charge in [0.15, 0.2) is 6.10 Å². The standard InChI is InChI=1S/C13H16O4/c1-9-12(14)11(17-13(9)15)8-16-7-10-5-3-2-4-6-10/h2-6,9,11-12,14H,7-8H2,1H3/t9-,11-,12+/m1/s1. The smallest absolute Gasteiger partial charge is 0.311 e. The van der Waals surface area contributed by atoms with Gasteiger partial charge in [0.05, 0.1) is 19.1 Å². The Hall–Kier alpha value is -1.39. The second kappa shape index (κ2) is 5.29. The van der Waals surface area contributed by atoms with Crippen molar-refractivity contribution in [3.8, 4) is 0 Å². The molecule has 1 aromatic rings. The molecule has 1 aromatic carbocycles. The van der Waals surface area contributed by atoms with E-state index in [2.05, 4.69) is 0 Å². The zero-order valence-corrected chi connectivity index (χ0v) is 9.70. The van der Waals surface area contributed by atoms with E-state index in [1.54, 1.807) is 6.92 Å². The summed E-state index contributed by atoms with van der Waals surface area (Å²) in [6.07, 6.45) is -1.31. The van der Waals surface area contributed by atoms with Crippen LogP contribution in [-0.4, -0.2) is 29.9 Å². The number of aliphatic hydroxyl groups is 1. The number of hydrogen-bond donors (Lipinski definition) is 1. The second-order valence-corrected chi connectivity index (χ2v) is 4.26. The van der Waals surface area contributed by atoms with Crippen molar-refractivity contribution in [1.82, 2.24) is 0 Å². The average molecular weight is 236 g/mol. The third-order valence-corrected chi connectivity index (χ3v) is 2.93. The van der Waals surface area contributed by atoms with Crippen LogP contribution in [0.4, 0.5) is 0 Å². The monoisotopic (exact) mass is 236 g/mol. The summed E-state index contributed by atoms with van der Waals surface area (Å²) < 4.78 is 10.4. The van der Waals surface area contributed by atoms with Crippen LogP contribution in [0.15, 0.2) is 30.3 Å². The molecule has 17 heavy (non-hydrogen) atoms. The molecule has 2 rings (SSSR count). The van der Waals surface area contributed by atoms with Gasteiger partial charge in [-0.1, -0.05) is 30.3 Å². The molecule has 4 nitrogen and oxygen atoms in total. The minimum absolute atomic E-state index is 0.228. The zero-order chi connectivity index (χ0) is 12.3. The fourth-order valence-electron chi connectivity index (χ4n) is 1.79. The van der Waals surface area contributed by atoms with Crippen molar-refractivity contribution >= 4 is 5.97 Å². The molecule has 1 heterocycles. The first-order valence-corrected chi connectivity index (χ1v) is 5.68. The number of benzene rings is 1. The molecular formula is C13H16O4. The van der Waals surface area contributed by atoms with Crippen molar-refractivity contribution in [1.29, 1.82) is 0 Å². The lowest BCUT2D eigenvalue weighted by Crippen LogP contribution is -2.29. The lowest BCUT2D eigenvalue weighted by atomic mass is 10.0. The van der Waals surface area contributed by atoms with Gasteiger partial charge in [-0.2, -0.15) is 0 Å². The van der Waals surface area contributed by atoms with Crippen LogP contribution in [0.25, 0.3) is 0 Å². The summed E-state index contributed by atoms with van der Waals surface area (Å²) in [5.74, 6) is -0.814. The summed E-state index contributed by atoms with van der Waals surface area (Å²) in [6.45, 7) is 2.34. The molecule has 1 aliphatic rings. The molecule has 1 aliphatic heterocycles. The van der Waals surface area contributed by atoms with Crippen LogP contribution in [0.3, 0.4) is 0 Å².